The summed E-state index contributed by atoms with van der Waals surface area (Å²) in [6.07, 6.45) is 0.364. The molecule has 1 amide bonds. The van der Waals surface area contributed by atoms with E-state index in [4.69, 9.17) is 5.73 Å². The average molecular weight is 453 g/mol. The van der Waals surface area contributed by atoms with Crippen LogP contribution in [0.5, 0.6) is 0 Å². The topological polar surface area (TPSA) is 46.3 Å². The Morgan fingerprint density at radius 3 is 2.24 bits per heavy atom. The lowest BCUT2D eigenvalue weighted by molar-refractivity contribution is -0.137. The third-order valence-electron chi connectivity index (χ3n) is 6.24. The number of fused-ring (bicyclic) bond motifs is 1. The molecule has 4 rings (SSSR count). The normalized spacial score (nSPS) is 14.4. The molecule has 1 aliphatic carbocycles. The summed E-state index contributed by atoms with van der Waals surface area (Å²) in [4.78, 5) is 15.1. The van der Waals surface area contributed by atoms with E-state index in [1.165, 1.54) is 29.7 Å². The molecule has 3 aromatic rings. The molecular formula is C27H27F3N2O. The van der Waals surface area contributed by atoms with Gasteiger partial charge in [0.15, 0.2) is 0 Å². The molecule has 0 saturated heterocycles. The first-order chi connectivity index (χ1) is 15.8. The van der Waals surface area contributed by atoms with Gasteiger partial charge in [-0.15, -0.1) is 0 Å². The molecule has 0 fully saturated rings. The van der Waals surface area contributed by atoms with Gasteiger partial charge in [0.05, 0.1) is 5.56 Å². The lowest BCUT2D eigenvalue weighted by atomic mass is 9.91. The number of hydrogen-bond donors (Lipinski definition) is 1. The Morgan fingerprint density at radius 1 is 0.909 bits per heavy atom. The van der Waals surface area contributed by atoms with Gasteiger partial charge in [0, 0.05) is 12.2 Å². The Labute approximate surface area is 192 Å². The molecule has 6 heteroatoms. The van der Waals surface area contributed by atoms with Crippen LogP contribution in [0.1, 0.15) is 46.7 Å². The van der Waals surface area contributed by atoms with Crippen LogP contribution in [0.25, 0.3) is 0 Å². The van der Waals surface area contributed by atoms with Crippen molar-refractivity contribution in [2.24, 2.45) is 5.73 Å². The Kier molecular flexibility index (Phi) is 6.84. The molecule has 33 heavy (non-hydrogen) atoms. The zero-order valence-corrected chi connectivity index (χ0v) is 18.3. The molecule has 1 aliphatic rings. The number of carbonyl (C=O) groups excluding carboxylic acids is 1. The van der Waals surface area contributed by atoms with Crippen molar-refractivity contribution in [3.05, 3.63) is 101 Å². The van der Waals surface area contributed by atoms with E-state index in [2.05, 4.69) is 12.1 Å². The second kappa shape index (κ2) is 9.79. The number of aryl methyl sites for hydroxylation is 2. The van der Waals surface area contributed by atoms with Crippen LogP contribution in [0, 0.1) is 0 Å². The summed E-state index contributed by atoms with van der Waals surface area (Å²) < 4.78 is 38.6. The van der Waals surface area contributed by atoms with Crippen molar-refractivity contribution in [2.45, 2.75) is 44.3 Å². The molecule has 0 unspecified atom stereocenters. The first-order valence-corrected chi connectivity index (χ1v) is 11.2. The van der Waals surface area contributed by atoms with E-state index in [0.717, 1.165) is 48.2 Å². The van der Waals surface area contributed by atoms with Crippen molar-refractivity contribution < 1.29 is 18.0 Å². The molecular weight excluding hydrogens is 425 g/mol. The fourth-order valence-electron chi connectivity index (χ4n) is 4.33. The van der Waals surface area contributed by atoms with Crippen LogP contribution in [0.2, 0.25) is 0 Å². The van der Waals surface area contributed by atoms with Crippen molar-refractivity contribution in [1.82, 2.24) is 0 Å². The molecule has 0 aliphatic heterocycles. The van der Waals surface area contributed by atoms with Gasteiger partial charge in [0.25, 0.3) is 0 Å². The van der Waals surface area contributed by atoms with Crippen LogP contribution in [0.15, 0.2) is 72.8 Å². The highest BCUT2D eigenvalue weighted by atomic mass is 19.4. The minimum Gasteiger partial charge on any atom is -0.316 e. The van der Waals surface area contributed by atoms with Gasteiger partial charge in [-0.1, -0.05) is 48.5 Å². The molecule has 0 spiro atoms. The van der Waals surface area contributed by atoms with Crippen LogP contribution >= 0.6 is 0 Å². The highest BCUT2D eigenvalue weighted by Crippen LogP contribution is 2.30. The number of nitrogens with zero attached hydrogens (tertiary/aromatic N) is 1. The van der Waals surface area contributed by atoms with E-state index in [1.807, 2.05) is 36.4 Å². The maximum Gasteiger partial charge on any atom is 0.416 e. The van der Waals surface area contributed by atoms with E-state index < -0.39 is 17.8 Å². The fraction of sp³-hybridized carbons (Fsp3) is 0.296. The van der Waals surface area contributed by atoms with Gasteiger partial charge in [-0.2, -0.15) is 13.2 Å². The molecule has 0 radical (unpaired) electrons. The summed E-state index contributed by atoms with van der Waals surface area (Å²) in [5.74, 6) is -0.233. The summed E-state index contributed by atoms with van der Waals surface area (Å²) in [5, 5.41) is 0. The minimum absolute atomic E-state index is 0.233. The number of benzene rings is 3. The highest BCUT2D eigenvalue weighted by molar-refractivity contribution is 5.97. The molecule has 0 bridgehead atoms. The van der Waals surface area contributed by atoms with Gasteiger partial charge >= 0.3 is 6.18 Å². The molecule has 0 heterocycles. The first-order valence-electron chi connectivity index (χ1n) is 11.2. The number of amides is 1. The summed E-state index contributed by atoms with van der Waals surface area (Å²) in [7, 11) is 0. The number of hydrogen-bond acceptors (Lipinski definition) is 2. The van der Waals surface area contributed by atoms with Crippen LogP contribution in [0.4, 0.5) is 18.9 Å². The van der Waals surface area contributed by atoms with Crippen LogP contribution < -0.4 is 10.6 Å². The Hall–Kier alpha value is -3.12. The number of halogens is 3. The molecule has 172 valence electrons. The molecule has 0 saturated carbocycles. The molecule has 0 aromatic heterocycles. The molecule has 1 atom stereocenters. The number of anilines is 1. The molecule has 3 aromatic carbocycles. The predicted molar refractivity (Wildman–Crippen MR) is 124 cm³/mol. The fourth-order valence-corrected chi connectivity index (χ4v) is 4.33. The lowest BCUT2D eigenvalue weighted by Gasteiger charge is -2.28. The summed E-state index contributed by atoms with van der Waals surface area (Å²) >= 11 is 0. The van der Waals surface area contributed by atoms with Crippen molar-refractivity contribution in [1.29, 1.82) is 0 Å². The predicted octanol–water partition coefficient (Wildman–Crippen LogP) is 5.86. The van der Waals surface area contributed by atoms with Crippen LogP contribution in [0.3, 0.4) is 0 Å². The standard InChI is InChI=1S/C27H27F3N2O/c28-27(29,30)23-13-10-19(11-14-23)16-17-32(26(33)25(31)21-7-2-1-3-8-21)24-15-12-20-6-4-5-9-22(20)18-24/h1-3,7-8,10-15,18,25H,4-6,9,16-17,31H2/t25-/m0/s1. The van der Waals surface area contributed by atoms with Crippen molar-refractivity contribution in [2.75, 3.05) is 11.4 Å². The monoisotopic (exact) mass is 452 g/mol. The Bertz CT molecular complexity index is 1090. The summed E-state index contributed by atoms with van der Waals surface area (Å²) in [5.41, 5.74) is 10.4. The number of carbonyl (C=O) groups is 1. The number of alkyl halides is 3. The van der Waals surface area contributed by atoms with Gasteiger partial charge in [-0.3, -0.25) is 4.79 Å². The van der Waals surface area contributed by atoms with E-state index in [-0.39, 0.29) is 5.91 Å². The molecule has 2 N–H and O–H groups in total. The van der Waals surface area contributed by atoms with E-state index in [9.17, 15) is 18.0 Å². The third kappa shape index (κ3) is 5.45. The quantitative estimate of drug-likeness (QED) is 0.509. The van der Waals surface area contributed by atoms with E-state index in [0.29, 0.717) is 13.0 Å². The summed E-state index contributed by atoms with van der Waals surface area (Å²) in [6.45, 7) is 0.323. The zero-order valence-electron chi connectivity index (χ0n) is 18.3. The van der Waals surface area contributed by atoms with Crippen LogP contribution in [-0.4, -0.2) is 12.5 Å². The molecule has 3 nitrogen and oxygen atoms in total. The first kappa shape index (κ1) is 23.1. The smallest absolute Gasteiger partial charge is 0.316 e. The minimum atomic E-state index is -4.37. The van der Waals surface area contributed by atoms with E-state index in [1.54, 1.807) is 4.90 Å². The van der Waals surface area contributed by atoms with Gasteiger partial charge < -0.3 is 10.6 Å². The number of nitrogens with two attached hydrogens (primary N) is 1. The van der Waals surface area contributed by atoms with Gasteiger partial charge in [0.2, 0.25) is 5.91 Å². The van der Waals surface area contributed by atoms with E-state index >= 15 is 0 Å². The zero-order chi connectivity index (χ0) is 23.4. The highest BCUT2D eigenvalue weighted by Gasteiger charge is 2.30. The Balaban J connectivity index is 1.59. The maximum absolute atomic E-state index is 13.5. The van der Waals surface area contributed by atoms with Gasteiger partial charge in [-0.05, 0) is 78.6 Å². The van der Waals surface area contributed by atoms with Crippen molar-refractivity contribution in [3.8, 4) is 0 Å². The maximum atomic E-state index is 13.5. The SMILES string of the molecule is N[C@H](C(=O)N(CCc1ccc(C(F)(F)F)cc1)c1ccc2c(c1)CCCC2)c1ccccc1. The van der Waals surface area contributed by atoms with Crippen molar-refractivity contribution in [3.63, 3.8) is 0 Å². The third-order valence-corrected chi connectivity index (χ3v) is 6.24. The average Bonchev–Trinajstić information content (AvgIpc) is 2.83. The number of rotatable bonds is 6. The summed E-state index contributed by atoms with van der Waals surface area (Å²) in [6, 6.07) is 19.6. The van der Waals surface area contributed by atoms with Crippen molar-refractivity contribution >= 4 is 11.6 Å². The second-order valence-electron chi connectivity index (χ2n) is 8.48. The lowest BCUT2D eigenvalue weighted by Crippen LogP contribution is -2.40. The largest absolute Gasteiger partial charge is 0.416 e. The Morgan fingerprint density at radius 2 is 1.58 bits per heavy atom. The van der Waals surface area contributed by atoms with Gasteiger partial charge in [-0.25, -0.2) is 0 Å². The van der Waals surface area contributed by atoms with Crippen LogP contribution in [-0.2, 0) is 30.2 Å². The second-order valence-corrected chi connectivity index (χ2v) is 8.48. The van der Waals surface area contributed by atoms with Gasteiger partial charge in [0.1, 0.15) is 6.04 Å².